The number of nitrogens with zero attached hydrogens (tertiary/aromatic N) is 3. The van der Waals surface area contributed by atoms with E-state index in [0.29, 0.717) is 36.5 Å². The van der Waals surface area contributed by atoms with Crippen LogP contribution in [0.25, 0.3) is 11.0 Å². The average Bonchev–Trinajstić information content (AvgIpc) is 2.60. The molecule has 8 heteroatoms. The number of morpholine rings is 1. The van der Waals surface area contributed by atoms with Crippen LogP contribution >= 0.6 is 0 Å². The van der Waals surface area contributed by atoms with Gasteiger partial charge < -0.3 is 19.2 Å². The summed E-state index contributed by atoms with van der Waals surface area (Å²) in [6.07, 6.45) is 0. The summed E-state index contributed by atoms with van der Waals surface area (Å²) in [5, 5.41) is 2.91. The number of aromatic nitrogens is 2. The Morgan fingerprint density at radius 1 is 1.08 bits per heavy atom. The minimum absolute atomic E-state index is 0.112. The van der Waals surface area contributed by atoms with Crippen molar-refractivity contribution in [1.29, 1.82) is 0 Å². The standard InChI is InChI=1S/C17H22N4O4/c1-11-8-13-14(20(3)17(24)16(23)19(13)2)9-12(11)18-15(22)10-21-4-6-25-7-5-21/h8-9H,4-7,10H2,1-3H3,(H,18,22). The van der Waals surface area contributed by atoms with Crippen LogP contribution in [0.1, 0.15) is 5.56 Å². The number of carbonyl (C=O) groups is 1. The number of carbonyl (C=O) groups excluding carboxylic acids is 1. The van der Waals surface area contributed by atoms with E-state index in [1.807, 2.05) is 11.8 Å². The Balaban J connectivity index is 1.91. The number of benzene rings is 1. The summed E-state index contributed by atoms with van der Waals surface area (Å²) in [5.41, 5.74) is 1.55. The van der Waals surface area contributed by atoms with Gasteiger partial charge in [0.1, 0.15) is 0 Å². The molecule has 1 fully saturated rings. The van der Waals surface area contributed by atoms with Gasteiger partial charge in [0.25, 0.3) is 0 Å². The molecule has 8 nitrogen and oxygen atoms in total. The van der Waals surface area contributed by atoms with Gasteiger partial charge in [0.15, 0.2) is 0 Å². The molecular weight excluding hydrogens is 324 g/mol. The van der Waals surface area contributed by atoms with Crippen LogP contribution in [0.15, 0.2) is 21.7 Å². The molecule has 0 spiro atoms. The number of rotatable bonds is 3. The van der Waals surface area contributed by atoms with Crippen molar-refractivity contribution in [2.24, 2.45) is 14.1 Å². The molecule has 0 saturated carbocycles. The molecule has 1 N–H and O–H groups in total. The lowest BCUT2D eigenvalue weighted by atomic mass is 10.1. The first kappa shape index (κ1) is 17.4. The third-order valence-corrected chi connectivity index (χ3v) is 4.58. The van der Waals surface area contributed by atoms with Crippen molar-refractivity contribution in [1.82, 2.24) is 14.0 Å². The monoisotopic (exact) mass is 346 g/mol. The molecule has 0 atom stereocenters. The van der Waals surface area contributed by atoms with Gasteiger partial charge in [-0.2, -0.15) is 0 Å². The Labute approximate surface area is 144 Å². The zero-order valence-corrected chi connectivity index (χ0v) is 14.7. The Morgan fingerprint density at radius 2 is 1.64 bits per heavy atom. The SMILES string of the molecule is Cc1cc2c(cc1NC(=O)CN1CCOCC1)n(C)c(=O)c(=O)n2C. The molecular formula is C17H22N4O4. The van der Waals surface area contributed by atoms with E-state index in [1.54, 1.807) is 26.2 Å². The minimum atomic E-state index is -0.593. The van der Waals surface area contributed by atoms with Crippen LogP contribution in [0.3, 0.4) is 0 Å². The molecule has 0 unspecified atom stereocenters. The van der Waals surface area contributed by atoms with E-state index in [-0.39, 0.29) is 5.91 Å². The van der Waals surface area contributed by atoms with Crippen molar-refractivity contribution in [2.45, 2.75) is 6.92 Å². The molecule has 1 aliphatic heterocycles. The van der Waals surface area contributed by atoms with E-state index in [4.69, 9.17) is 4.74 Å². The van der Waals surface area contributed by atoms with Gasteiger partial charge in [-0.3, -0.25) is 19.3 Å². The summed E-state index contributed by atoms with van der Waals surface area (Å²) in [6, 6.07) is 3.54. The minimum Gasteiger partial charge on any atom is -0.379 e. The van der Waals surface area contributed by atoms with Crippen molar-refractivity contribution < 1.29 is 9.53 Å². The Morgan fingerprint density at radius 3 is 2.24 bits per heavy atom. The summed E-state index contributed by atoms with van der Waals surface area (Å²) in [5.74, 6) is -0.112. The topological polar surface area (TPSA) is 85.6 Å². The fourth-order valence-electron chi connectivity index (χ4n) is 3.01. The summed E-state index contributed by atoms with van der Waals surface area (Å²) in [6.45, 7) is 4.91. The lowest BCUT2D eigenvalue weighted by Gasteiger charge is -2.26. The van der Waals surface area contributed by atoms with E-state index in [1.165, 1.54) is 9.13 Å². The second-order valence-corrected chi connectivity index (χ2v) is 6.32. The first-order chi connectivity index (χ1) is 11.9. The Hall–Kier alpha value is -2.45. The third kappa shape index (κ3) is 3.35. The summed E-state index contributed by atoms with van der Waals surface area (Å²) in [4.78, 5) is 38.3. The number of amides is 1. The highest BCUT2D eigenvalue weighted by molar-refractivity contribution is 5.95. The van der Waals surface area contributed by atoms with Crippen LogP contribution < -0.4 is 16.4 Å². The molecule has 1 aromatic carbocycles. The van der Waals surface area contributed by atoms with Gasteiger partial charge in [0, 0.05) is 32.9 Å². The molecule has 1 aliphatic rings. The van der Waals surface area contributed by atoms with Crippen LogP contribution in [-0.2, 0) is 23.6 Å². The van der Waals surface area contributed by atoms with Gasteiger partial charge in [-0.15, -0.1) is 0 Å². The molecule has 0 aliphatic carbocycles. The molecule has 1 aromatic heterocycles. The number of fused-ring (bicyclic) bond motifs is 1. The lowest BCUT2D eigenvalue weighted by molar-refractivity contribution is -0.118. The number of hydrogen-bond donors (Lipinski definition) is 1. The van der Waals surface area contributed by atoms with Gasteiger partial charge in [-0.25, -0.2) is 0 Å². The fourth-order valence-corrected chi connectivity index (χ4v) is 3.01. The van der Waals surface area contributed by atoms with Crippen LogP contribution in [0.4, 0.5) is 5.69 Å². The first-order valence-corrected chi connectivity index (χ1v) is 8.19. The Bertz CT molecular complexity index is 938. The van der Waals surface area contributed by atoms with Crippen molar-refractivity contribution >= 4 is 22.6 Å². The van der Waals surface area contributed by atoms with Crippen molar-refractivity contribution in [3.63, 3.8) is 0 Å². The molecule has 2 aromatic rings. The summed E-state index contributed by atoms with van der Waals surface area (Å²) >= 11 is 0. The van der Waals surface area contributed by atoms with Gasteiger partial charge in [0.05, 0.1) is 30.8 Å². The highest BCUT2D eigenvalue weighted by atomic mass is 16.5. The van der Waals surface area contributed by atoms with Crippen LogP contribution in [0, 0.1) is 6.92 Å². The Kier molecular flexibility index (Phi) is 4.73. The zero-order valence-electron chi connectivity index (χ0n) is 14.7. The van der Waals surface area contributed by atoms with Crippen LogP contribution in [-0.4, -0.2) is 52.8 Å². The molecule has 1 saturated heterocycles. The van der Waals surface area contributed by atoms with Crippen LogP contribution in [0.2, 0.25) is 0 Å². The second kappa shape index (κ2) is 6.81. The number of nitrogens with one attached hydrogen (secondary N) is 1. The van der Waals surface area contributed by atoms with E-state index in [0.717, 1.165) is 18.7 Å². The predicted molar refractivity (Wildman–Crippen MR) is 95.1 cm³/mol. The van der Waals surface area contributed by atoms with Gasteiger partial charge in [0.2, 0.25) is 5.91 Å². The highest BCUT2D eigenvalue weighted by Gasteiger charge is 2.16. The van der Waals surface area contributed by atoms with Gasteiger partial charge in [-0.1, -0.05) is 0 Å². The summed E-state index contributed by atoms with van der Waals surface area (Å²) in [7, 11) is 3.13. The van der Waals surface area contributed by atoms with Gasteiger partial charge in [-0.05, 0) is 24.6 Å². The quantitative estimate of drug-likeness (QED) is 0.779. The molecule has 3 rings (SSSR count). The van der Waals surface area contributed by atoms with Crippen molar-refractivity contribution in [3.05, 3.63) is 38.4 Å². The number of anilines is 1. The molecule has 25 heavy (non-hydrogen) atoms. The van der Waals surface area contributed by atoms with E-state index in [9.17, 15) is 14.4 Å². The summed E-state index contributed by atoms with van der Waals surface area (Å²) < 4.78 is 7.93. The molecule has 1 amide bonds. The van der Waals surface area contributed by atoms with E-state index >= 15 is 0 Å². The first-order valence-electron chi connectivity index (χ1n) is 8.19. The van der Waals surface area contributed by atoms with Crippen molar-refractivity contribution in [3.8, 4) is 0 Å². The number of hydrogen-bond acceptors (Lipinski definition) is 5. The molecule has 2 heterocycles. The maximum absolute atomic E-state index is 12.3. The van der Waals surface area contributed by atoms with Gasteiger partial charge >= 0.3 is 11.1 Å². The smallest absolute Gasteiger partial charge is 0.316 e. The zero-order chi connectivity index (χ0) is 18.1. The maximum atomic E-state index is 12.3. The number of aryl methyl sites for hydroxylation is 3. The van der Waals surface area contributed by atoms with E-state index < -0.39 is 11.1 Å². The van der Waals surface area contributed by atoms with Crippen LogP contribution in [0.5, 0.6) is 0 Å². The lowest BCUT2D eigenvalue weighted by Crippen LogP contribution is -2.41. The molecule has 0 radical (unpaired) electrons. The molecule has 134 valence electrons. The normalized spacial score (nSPS) is 15.5. The number of ether oxygens (including phenoxy) is 1. The largest absolute Gasteiger partial charge is 0.379 e. The predicted octanol–water partition coefficient (Wildman–Crippen LogP) is -0.184. The highest BCUT2D eigenvalue weighted by Crippen LogP contribution is 2.21. The average molecular weight is 346 g/mol. The molecule has 0 bridgehead atoms. The second-order valence-electron chi connectivity index (χ2n) is 6.32. The van der Waals surface area contributed by atoms with Crippen molar-refractivity contribution in [2.75, 3.05) is 38.2 Å². The third-order valence-electron chi connectivity index (χ3n) is 4.58. The fraction of sp³-hybridized carbons (Fsp3) is 0.471. The maximum Gasteiger partial charge on any atom is 0.316 e. The van der Waals surface area contributed by atoms with E-state index in [2.05, 4.69) is 5.32 Å².